The molecule has 0 spiro atoms. The molecule has 1 nitrogen and oxygen atoms in total. The first-order chi connectivity index (χ1) is 5.92. The van der Waals surface area contributed by atoms with E-state index in [1.165, 1.54) is 51.6 Å². The van der Waals surface area contributed by atoms with Gasteiger partial charge in [0.25, 0.3) is 0 Å². The Kier molecular flexibility index (Phi) is 2.69. The Bertz CT molecular complexity index is 140. The number of hydrogen-bond donors (Lipinski definition) is 0. The van der Waals surface area contributed by atoms with Crippen LogP contribution < -0.4 is 0 Å². The van der Waals surface area contributed by atoms with E-state index in [1.54, 1.807) is 0 Å². The Balaban J connectivity index is 1.90. The summed E-state index contributed by atoms with van der Waals surface area (Å²) < 4.78 is 0. The summed E-state index contributed by atoms with van der Waals surface area (Å²) in [6.45, 7) is 5.14. The summed E-state index contributed by atoms with van der Waals surface area (Å²) in [4.78, 5) is 2.72. The van der Waals surface area contributed by atoms with E-state index >= 15 is 0 Å². The summed E-state index contributed by atoms with van der Waals surface area (Å²) in [5.41, 5.74) is 0. The summed E-state index contributed by atoms with van der Waals surface area (Å²) in [6.07, 6.45) is 8.81. The van der Waals surface area contributed by atoms with Crippen molar-refractivity contribution >= 4 is 0 Å². The molecule has 1 saturated heterocycles. The van der Waals surface area contributed by atoms with Gasteiger partial charge in [-0.15, -0.1) is 0 Å². The third-order valence-corrected chi connectivity index (χ3v) is 3.75. The molecule has 1 heteroatoms. The van der Waals surface area contributed by atoms with Crippen LogP contribution in [0, 0.1) is 5.92 Å². The Hall–Kier alpha value is -0.0400. The van der Waals surface area contributed by atoms with Crippen molar-refractivity contribution in [3.63, 3.8) is 0 Å². The average molecular weight is 167 g/mol. The lowest BCUT2D eigenvalue weighted by Crippen LogP contribution is -2.49. The van der Waals surface area contributed by atoms with E-state index in [0.717, 1.165) is 12.0 Å². The minimum Gasteiger partial charge on any atom is -0.300 e. The lowest BCUT2D eigenvalue weighted by molar-refractivity contribution is 0.0501. The van der Waals surface area contributed by atoms with Crippen molar-refractivity contribution in [2.45, 2.75) is 51.5 Å². The fourth-order valence-electron chi connectivity index (χ4n) is 2.82. The van der Waals surface area contributed by atoms with Crippen LogP contribution in [0.5, 0.6) is 0 Å². The molecule has 1 aliphatic carbocycles. The zero-order chi connectivity index (χ0) is 8.39. The molecule has 2 fully saturated rings. The number of nitrogens with zero attached hydrogens (tertiary/aromatic N) is 1. The van der Waals surface area contributed by atoms with Crippen LogP contribution in [-0.2, 0) is 0 Å². The monoisotopic (exact) mass is 167 g/mol. The first kappa shape index (κ1) is 8.55. The summed E-state index contributed by atoms with van der Waals surface area (Å²) in [5.74, 6) is 1.03. The molecule has 0 bridgehead atoms. The van der Waals surface area contributed by atoms with Crippen molar-refractivity contribution in [2.75, 3.05) is 13.1 Å². The molecule has 0 radical (unpaired) electrons. The van der Waals surface area contributed by atoms with Crippen LogP contribution in [-0.4, -0.2) is 24.0 Å². The molecule has 0 aromatic heterocycles. The highest BCUT2D eigenvalue weighted by Crippen LogP contribution is 2.32. The predicted octanol–water partition coefficient (Wildman–Crippen LogP) is 2.66. The highest BCUT2D eigenvalue weighted by Gasteiger charge is 2.31. The lowest BCUT2D eigenvalue weighted by atomic mass is 9.81. The van der Waals surface area contributed by atoms with Crippen LogP contribution in [0.1, 0.15) is 45.4 Å². The second-order valence-corrected chi connectivity index (χ2v) is 4.41. The molecule has 0 aromatic carbocycles. The molecule has 12 heavy (non-hydrogen) atoms. The smallest absolute Gasteiger partial charge is 0.0123 e. The van der Waals surface area contributed by atoms with Gasteiger partial charge in [-0.25, -0.2) is 0 Å². The average Bonchev–Trinajstić information content (AvgIpc) is 2.02. The highest BCUT2D eigenvalue weighted by molar-refractivity contribution is 4.86. The molecule has 1 aliphatic heterocycles. The zero-order valence-electron chi connectivity index (χ0n) is 8.26. The Labute approximate surface area is 76.1 Å². The Morgan fingerprint density at radius 1 is 1.08 bits per heavy atom. The van der Waals surface area contributed by atoms with Crippen molar-refractivity contribution < 1.29 is 0 Å². The van der Waals surface area contributed by atoms with E-state index in [9.17, 15) is 0 Å². The summed E-state index contributed by atoms with van der Waals surface area (Å²) in [7, 11) is 0. The van der Waals surface area contributed by atoms with Gasteiger partial charge in [-0.1, -0.05) is 26.2 Å². The first-order valence-electron chi connectivity index (χ1n) is 5.66. The topological polar surface area (TPSA) is 3.24 Å². The van der Waals surface area contributed by atoms with Crippen LogP contribution >= 0.6 is 0 Å². The zero-order valence-corrected chi connectivity index (χ0v) is 8.26. The van der Waals surface area contributed by atoms with Gasteiger partial charge in [0.15, 0.2) is 0 Å². The van der Waals surface area contributed by atoms with Gasteiger partial charge in [-0.05, 0) is 38.3 Å². The third kappa shape index (κ3) is 1.52. The molecule has 0 amide bonds. The van der Waals surface area contributed by atoms with Gasteiger partial charge < -0.3 is 4.90 Å². The maximum absolute atomic E-state index is 2.72. The van der Waals surface area contributed by atoms with Crippen LogP contribution in [0.4, 0.5) is 0 Å². The molecular formula is C11H21N. The molecule has 70 valence electrons. The second-order valence-electron chi connectivity index (χ2n) is 4.41. The standard InChI is InChI=1S/C11H21N/c1-2-10-6-3-4-7-11(10)12-8-5-9-12/h10-11H,2-9H2,1H3. The first-order valence-corrected chi connectivity index (χ1v) is 5.66. The largest absolute Gasteiger partial charge is 0.300 e. The lowest BCUT2D eigenvalue weighted by Gasteiger charge is -2.44. The van der Waals surface area contributed by atoms with E-state index < -0.39 is 0 Å². The van der Waals surface area contributed by atoms with Crippen molar-refractivity contribution in [3.8, 4) is 0 Å². The second kappa shape index (κ2) is 3.78. The SMILES string of the molecule is CCC1CCCCC1N1CCC1. The van der Waals surface area contributed by atoms with E-state index in [0.29, 0.717) is 0 Å². The van der Waals surface area contributed by atoms with Gasteiger partial charge in [-0.2, -0.15) is 0 Å². The molecule has 2 atom stereocenters. The predicted molar refractivity (Wildman–Crippen MR) is 52.2 cm³/mol. The van der Waals surface area contributed by atoms with E-state index in [1.807, 2.05) is 0 Å². The van der Waals surface area contributed by atoms with Crippen LogP contribution in [0.2, 0.25) is 0 Å². The molecule has 1 saturated carbocycles. The number of likely N-dealkylation sites (tertiary alicyclic amines) is 1. The van der Waals surface area contributed by atoms with Gasteiger partial charge in [0.1, 0.15) is 0 Å². The number of hydrogen-bond acceptors (Lipinski definition) is 1. The number of rotatable bonds is 2. The van der Waals surface area contributed by atoms with Crippen molar-refractivity contribution in [1.29, 1.82) is 0 Å². The van der Waals surface area contributed by atoms with E-state index in [-0.39, 0.29) is 0 Å². The van der Waals surface area contributed by atoms with Crippen LogP contribution in [0.15, 0.2) is 0 Å². The minimum atomic E-state index is 0.970. The Morgan fingerprint density at radius 3 is 2.42 bits per heavy atom. The van der Waals surface area contributed by atoms with Gasteiger partial charge in [0.05, 0.1) is 0 Å². The van der Waals surface area contributed by atoms with Crippen LogP contribution in [0.25, 0.3) is 0 Å². The Morgan fingerprint density at radius 2 is 1.83 bits per heavy atom. The van der Waals surface area contributed by atoms with Gasteiger partial charge in [-0.3, -0.25) is 0 Å². The molecule has 2 aliphatic rings. The molecular weight excluding hydrogens is 146 g/mol. The molecule has 2 rings (SSSR count). The fraction of sp³-hybridized carbons (Fsp3) is 1.00. The maximum Gasteiger partial charge on any atom is 0.0123 e. The van der Waals surface area contributed by atoms with Gasteiger partial charge in [0, 0.05) is 6.04 Å². The minimum absolute atomic E-state index is 0.970. The normalized spacial score (nSPS) is 37.8. The van der Waals surface area contributed by atoms with E-state index in [2.05, 4.69) is 11.8 Å². The van der Waals surface area contributed by atoms with Gasteiger partial charge >= 0.3 is 0 Å². The summed E-state index contributed by atoms with van der Waals surface area (Å²) in [6, 6.07) is 0.970. The quantitative estimate of drug-likeness (QED) is 0.611. The molecule has 0 aromatic rings. The highest BCUT2D eigenvalue weighted by atomic mass is 15.2. The summed E-state index contributed by atoms with van der Waals surface area (Å²) in [5, 5.41) is 0. The maximum atomic E-state index is 2.72. The van der Waals surface area contributed by atoms with Crippen molar-refractivity contribution in [2.24, 2.45) is 5.92 Å². The van der Waals surface area contributed by atoms with Crippen molar-refractivity contribution in [1.82, 2.24) is 4.90 Å². The molecule has 0 N–H and O–H groups in total. The molecule has 1 heterocycles. The van der Waals surface area contributed by atoms with E-state index in [4.69, 9.17) is 0 Å². The van der Waals surface area contributed by atoms with Crippen LogP contribution in [0.3, 0.4) is 0 Å². The fourth-order valence-corrected chi connectivity index (χ4v) is 2.82. The van der Waals surface area contributed by atoms with Gasteiger partial charge in [0.2, 0.25) is 0 Å². The summed E-state index contributed by atoms with van der Waals surface area (Å²) >= 11 is 0. The third-order valence-electron chi connectivity index (χ3n) is 3.75. The molecule has 2 unspecified atom stereocenters. The van der Waals surface area contributed by atoms with Crippen molar-refractivity contribution in [3.05, 3.63) is 0 Å².